The number of pyridine rings is 1. The minimum atomic E-state index is -0.257. The number of nitrogens with one attached hydrogen (secondary N) is 1. The first-order valence-corrected chi connectivity index (χ1v) is 7.45. The first kappa shape index (κ1) is 15.0. The van der Waals surface area contributed by atoms with Crippen LogP contribution in [-0.4, -0.2) is 17.5 Å². The van der Waals surface area contributed by atoms with E-state index >= 15 is 0 Å². The van der Waals surface area contributed by atoms with Gasteiger partial charge in [-0.2, -0.15) is 0 Å². The molecule has 20 heavy (non-hydrogen) atoms. The van der Waals surface area contributed by atoms with Crippen LogP contribution in [0.25, 0.3) is 0 Å². The lowest BCUT2D eigenvalue weighted by Crippen LogP contribution is -2.20. The van der Waals surface area contributed by atoms with E-state index < -0.39 is 0 Å². The van der Waals surface area contributed by atoms with E-state index in [2.05, 4.69) is 42.2 Å². The van der Waals surface area contributed by atoms with Gasteiger partial charge in [0.25, 0.3) is 5.91 Å². The van der Waals surface area contributed by atoms with Gasteiger partial charge in [0.1, 0.15) is 11.6 Å². The summed E-state index contributed by atoms with van der Waals surface area (Å²) in [6.45, 7) is 1.90. The predicted molar refractivity (Wildman–Crippen MR) is 84.9 cm³/mol. The maximum absolute atomic E-state index is 11.7. The SMILES string of the molecule is Cc1ccc(OCC(=O)Nc2ccccn2)c(Br)c1Br. The molecule has 0 saturated carbocycles. The number of ether oxygens (including phenoxy) is 1. The molecule has 2 aromatic rings. The average Bonchev–Trinajstić information content (AvgIpc) is 2.45. The molecule has 0 spiro atoms. The van der Waals surface area contributed by atoms with Crippen molar-refractivity contribution < 1.29 is 9.53 Å². The van der Waals surface area contributed by atoms with Gasteiger partial charge >= 0.3 is 0 Å². The van der Waals surface area contributed by atoms with E-state index in [0.29, 0.717) is 11.6 Å². The number of amides is 1. The summed E-state index contributed by atoms with van der Waals surface area (Å²) in [7, 11) is 0. The van der Waals surface area contributed by atoms with Crippen LogP contribution in [0.1, 0.15) is 5.56 Å². The summed E-state index contributed by atoms with van der Waals surface area (Å²) < 4.78 is 7.20. The molecule has 6 heteroatoms. The Labute approximate surface area is 133 Å². The highest BCUT2D eigenvalue weighted by Crippen LogP contribution is 2.34. The van der Waals surface area contributed by atoms with E-state index in [1.807, 2.05) is 19.1 Å². The van der Waals surface area contributed by atoms with Crippen LogP contribution in [0.3, 0.4) is 0 Å². The number of carbonyl (C=O) groups excluding carboxylic acids is 1. The molecule has 1 amide bonds. The number of benzene rings is 1. The van der Waals surface area contributed by atoms with E-state index in [1.54, 1.807) is 24.4 Å². The Morgan fingerprint density at radius 3 is 2.75 bits per heavy atom. The third kappa shape index (κ3) is 3.80. The van der Waals surface area contributed by atoms with Crippen molar-refractivity contribution in [2.45, 2.75) is 6.92 Å². The van der Waals surface area contributed by atoms with Crippen molar-refractivity contribution in [3.8, 4) is 5.75 Å². The third-order valence-corrected chi connectivity index (χ3v) is 4.87. The maximum atomic E-state index is 11.7. The van der Waals surface area contributed by atoms with Crippen LogP contribution in [0.5, 0.6) is 5.75 Å². The van der Waals surface area contributed by atoms with Crippen LogP contribution < -0.4 is 10.1 Å². The Bertz CT molecular complexity index is 618. The smallest absolute Gasteiger partial charge is 0.263 e. The quantitative estimate of drug-likeness (QED) is 0.847. The van der Waals surface area contributed by atoms with Crippen molar-refractivity contribution in [3.63, 3.8) is 0 Å². The van der Waals surface area contributed by atoms with Crippen molar-refractivity contribution in [2.75, 3.05) is 11.9 Å². The molecule has 0 radical (unpaired) electrons. The molecule has 1 heterocycles. The van der Waals surface area contributed by atoms with E-state index in [-0.39, 0.29) is 12.5 Å². The molecule has 1 aromatic carbocycles. The first-order valence-electron chi connectivity index (χ1n) is 5.86. The second-order valence-electron chi connectivity index (χ2n) is 4.06. The fourth-order valence-electron chi connectivity index (χ4n) is 1.50. The molecule has 0 fully saturated rings. The summed E-state index contributed by atoms with van der Waals surface area (Å²) in [4.78, 5) is 15.8. The van der Waals surface area contributed by atoms with E-state index in [9.17, 15) is 4.79 Å². The molecule has 1 aromatic heterocycles. The molecule has 0 saturated heterocycles. The minimum Gasteiger partial charge on any atom is -0.483 e. The highest BCUT2D eigenvalue weighted by Gasteiger charge is 2.10. The number of hydrogen-bond acceptors (Lipinski definition) is 3. The zero-order valence-electron chi connectivity index (χ0n) is 10.7. The molecule has 1 N–H and O–H groups in total. The molecule has 104 valence electrons. The number of hydrogen-bond donors (Lipinski definition) is 1. The average molecular weight is 400 g/mol. The molecule has 0 atom stereocenters. The molecule has 0 aliphatic carbocycles. The van der Waals surface area contributed by atoms with E-state index in [4.69, 9.17) is 4.74 Å². The molecule has 2 rings (SSSR count). The first-order chi connectivity index (χ1) is 9.58. The van der Waals surface area contributed by atoms with Crippen molar-refractivity contribution in [1.82, 2.24) is 4.98 Å². The summed E-state index contributed by atoms with van der Waals surface area (Å²) in [6, 6.07) is 9.04. The Kier molecular flexibility index (Phi) is 5.14. The predicted octanol–water partition coefficient (Wildman–Crippen LogP) is 3.93. The summed E-state index contributed by atoms with van der Waals surface area (Å²) >= 11 is 6.89. The van der Waals surface area contributed by atoms with Gasteiger partial charge in [0.05, 0.1) is 4.47 Å². The topological polar surface area (TPSA) is 51.2 Å². The highest BCUT2D eigenvalue weighted by molar-refractivity contribution is 9.13. The van der Waals surface area contributed by atoms with Crippen LogP contribution in [0.2, 0.25) is 0 Å². The van der Waals surface area contributed by atoms with Crippen molar-refractivity contribution in [1.29, 1.82) is 0 Å². The Morgan fingerprint density at radius 2 is 2.05 bits per heavy atom. The van der Waals surface area contributed by atoms with Gasteiger partial charge in [-0.25, -0.2) is 4.98 Å². The van der Waals surface area contributed by atoms with Crippen LogP contribution in [0, 0.1) is 6.92 Å². The van der Waals surface area contributed by atoms with Gasteiger partial charge in [0.15, 0.2) is 6.61 Å². The normalized spacial score (nSPS) is 10.2. The number of carbonyl (C=O) groups is 1. The number of rotatable bonds is 4. The van der Waals surface area contributed by atoms with Crippen molar-refractivity contribution >= 4 is 43.6 Å². The van der Waals surface area contributed by atoms with Crippen LogP contribution in [0.4, 0.5) is 5.82 Å². The lowest BCUT2D eigenvalue weighted by Gasteiger charge is -2.10. The van der Waals surface area contributed by atoms with Gasteiger partial charge < -0.3 is 10.1 Å². The van der Waals surface area contributed by atoms with Gasteiger partial charge in [0.2, 0.25) is 0 Å². The van der Waals surface area contributed by atoms with Crippen LogP contribution in [-0.2, 0) is 4.79 Å². The fraction of sp³-hybridized carbons (Fsp3) is 0.143. The molecular formula is C14H12Br2N2O2. The fourth-order valence-corrected chi connectivity index (χ4v) is 2.39. The zero-order valence-corrected chi connectivity index (χ0v) is 13.9. The Hall–Kier alpha value is -1.40. The standard InChI is InChI=1S/C14H12Br2N2O2/c1-9-5-6-10(14(16)13(9)15)20-8-12(19)18-11-4-2-3-7-17-11/h2-7H,8H2,1H3,(H,17,18,19). The lowest BCUT2D eigenvalue weighted by molar-refractivity contribution is -0.118. The number of halogens is 2. The van der Waals surface area contributed by atoms with Gasteiger partial charge in [-0.05, 0) is 62.5 Å². The Balaban J connectivity index is 1.96. The number of aromatic nitrogens is 1. The largest absolute Gasteiger partial charge is 0.483 e. The second-order valence-corrected chi connectivity index (χ2v) is 5.65. The third-order valence-electron chi connectivity index (χ3n) is 2.53. The van der Waals surface area contributed by atoms with E-state index in [0.717, 1.165) is 14.5 Å². The number of anilines is 1. The van der Waals surface area contributed by atoms with Gasteiger partial charge in [0, 0.05) is 10.7 Å². The maximum Gasteiger partial charge on any atom is 0.263 e. The van der Waals surface area contributed by atoms with Gasteiger partial charge in [-0.15, -0.1) is 0 Å². The molecule has 0 bridgehead atoms. The molecular weight excluding hydrogens is 388 g/mol. The highest BCUT2D eigenvalue weighted by atomic mass is 79.9. The monoisotopic (exact) mass is 398 g/mol. The van der Waals surface area contributed by atoms with Gasteiger partial charge in [-0.3, -0.25) is 4.79 Å². The zero-order chi connectivity index (χ0) is 14.5. The number of nitrogens with zero attached hydrogens (tertiary/aromatic N) is 1. The van der Waals surface area contributed by atoms with Crippen molar-refractivity contribution in [3.05, 3.63) is 51.0 Å². The lowest BCUT2D eigenvalue weighted by atomic mass is 10.2. The summed E-state index contributed by atoms with van der Waals surface area (Å²) in [5.74, 6) is 0.858. The molecule has 0 unspecified atom stereocenters. The minimum absolute atomic E-state index is 0.0787. The molecule has 0 aliphatic heterocycles. The summed E-state index contributed by atoms with van der Waals surface area (Å²) in [5.41, 5.74) is 1.09. The Morgan fingerprint density at radius 1 is 1.25 bits per heavy atom. The summed E-state index contributed by atoms with van der Waals surface area (Å²) in [5, 5.41) is 2.66. The number of aryl methyl sites for hydroxylation is 1. The summed E-state index contributed by atoms with van der Waals surface area (Å²) in [6.07, 6.45) is 1.62. The molecule has 4 nitrogen and oxygen atoms in total. The van der Waals surface area contributed by atoms with Gasteiger partial charge in [-0.1, -0.05) is 12.1 Å². The van der Waals surface area contributed by atoms with Crippen LogP contribution >= 0.6 is 31.9 Å². The van der Waals surface area contributed by atoms with Crippen LogP contribution in [0.15, 0.2) is 45.5 Å². The van der Waals surface area contributed by atoms with E-state index in [1.165, 1.54) is 0 Å². The van der Waals surface area contributed by atoms with Crippen molar-refractivity contribution in [2.24, 2.45) is 0 Å². The second kappa shape index (κ2) is 6.85. The molecule has 0 aliphatic rings.